The van der Waals surface area contributed by atoms with E-state index in [9.17, 15) is 38.4 Å². The van der Waals surface area contributed by atoms with Gasteiger partial charge in [0.05, 0.1) is 0 Å². The molecule has 5 amide bonds. The fourth-order valence-corrected chi connectivity index (χ4v) is 11.6. The summed E-state index contributed by atoms with van der Waals surface area (Å²) in [5.41, 5.74) is -2.93. The number of nitrogens with one attached hydrogen (secondary N) is 10. The van der Waals surface area contributed by atoms with Gasteiger partial charge in [-0.3, -0.25) is 47.9 Å². The van der Waals surface area contributed by atoms with E-state index in [0.29, 0.717) is 64.7 Å². The number of rotatable bonds is 56. The number of allylic oxidation sites excluding steroid dienone is 1. The van der Waals surface area contributed by atoms with Crippen LogP contribution in [0.4, 0.5) is 0 Å². The van der Waals surface area contributed by atoms with Crippen molar-refractivity contribution in [2.45, 2.75) is 284 Å². The van der Waals surface area contributed by atoms with Gasteiger partial charge in [-0.25, -0.2) is 0 Å². The predicted molar refractivity (Wildman–Crippen MR) is 384 cm³/mol. The Bertz CT molecular complexity index is 2210. The van der Waals surface area contributed by atoms with Crippen molar-refractivity contribution in [2.24, 2.45) is 52.3 Å². The molecule has 0 aliphatic rings. The Morgan fingerprint density at radius 1 is 0.287 bits per heavy atom. The van der Waals surface area contributed by atoms with Crippen LogP contribution in [-0.2, 0) is 47.9 Å². The topological polar surface area (TPSA) is 291 Å². The van der Waals surface area contributed by atoms with Crippen LogP contribution in [0.25, 0.3) is 0 Å². The quantitative estimate of drug-likeness (QED) is 0.0200. The Balaban J connectivity index is 0. The Kier molecular flexibility index (Phi) is 50.9. The van der Waals surface area contributed by atoms with Crippen molar-refractivity contribution < 1.29 is 47.9 Å². The Hall–Kier alpha value is -4.76. The highest BCUT2D eigenvalue weighted by molar-refractivity contribution is 5.86. The maximum atomic E-state index is 15.1. The standard InChI is InChI=1S/C56H106N8O8.C18H34N2O2/c1-37(2)47(65)19-17-46(34-53(71)63-31-27-59-43(13)14)55(35-50(68)40(7)8,24-22-52(70)62-30-26-58-42(11)12)56(23-21-48(66)38(3)4,36-54(72)64-32-28-60-44(15)16)45(33-49(67)39(5)6)18-20-51(69)61-29-25-57-41(9)10;1-15(2)17(21)11-7-8-12-18(22)20-14-10-6-5-9-13-19-16(3)4/h37-46,57-60H,17-36H2,1-16H3,(H,61,69)(H,62,70)(H,63,71)(H,64,72);7-8,15-16,19H,5-6,9-14H2,1-4H3,(H,20,22)/b;8-7+. The van der Waals surface area contributed by atoms with Crippen LogP contribution in [-0.4, -0.2) is 154 Å². The first kappa shape index (κ1) is 91.3. The van der Waals surface area contributed by atoms with E-state index in [4.69, 9.17) is 0 Å². The number of hydrogen-bond acceptors (Lipinski definition) is 15. The van der Waals surface area contributed by atoms with Gasteiger partial charge in [0.25, 0.3) is 0 Å². The molecule has 0 aliphatic heterocycles. The molecule has 94 heavy (non-hydrogen) atoms. The molecule has 0 aromatic carbocycles. The molecule has 20 nitrogen and oxygen atoms in total. The first-order valence-electron chi connectivity index (χ1n) is 36.3. The van der Waals surface area contributed by atoms with Crippen molar-refractivity contribution in [1.29, 1.82) is 0 Å². The number of amides is 5. The summed E-state index contributed by atoms with van der Waals surface area (Å²) in [6.07, 6.45) is 8.35. The highest BCUT2D eigenvalue weighted by atomic mass is 16.2. The zero-order valence-electron chi connectivity index (χ0n) is 63.0. The molecule has 4 atom stereocenters. The number of Topliss-reactive ketones (excluding diaryl/α,β-unsaturated/α-hetero) is 5. The average Bonchev–Trinajstić information content (AvgIpc) is 0.727. The van der Waals surface area contributed by atoms with Crippen LogP contribution in [0.15, 0.2) is 12.2 Å². The molecule has 20 heteroatoms. The highest BCUT2D eigenvalue weighted by Gasteiger charge is 2.60. The number of ketones is 5. The molecule has 0 aromatic heterocycles. The Morgan fingerprint density at radius 2 is 0.638 bits per heavy atom. The summed E-state index contributed by atoms with van der Waals surface area (Å²) < 4.78 is 0. The maximum Gasteiger partial charge on any atom is 0.223 e. The number of carbonyl (C=O) groups excluding carboxylic acids is 10. The van der Waals surface area contributed by atoms with Gasteiger partial charge in [-0.05, 0) is 67.7 Å². The molecule has 0 fully saturated rings. The number of hydrogen-bond donors (Lipinski definition) is 10. The van der Waals surface area contributed by atoms with Crippen LogP contribution >= 0.6 is 0 Å². The molecule has 4 unspecified atom stereocenters. The number of unbranched alkanes of at least 4 members (excludes halogenated alkanes) is 3. The van der Waals surface area contributed by atoms with E-state index in [1.807, 2.05) is 96.9 Å². The molecule has 546 valence electrons. The maximum absolute atomic E-state index is 15.1. The lowest BCUT2D eigenvalue weighted by molar-refractivity contribution is -0.157. The summed E-state index contributed by atoms with van der Waals surface area (Å²) in [4.78, 5) is 139. The van der Waals surface area contributed by atoms with Gasteiger partial charge in [-0.2, -0.15) is 0 Å². The van der Waals surface area contributed by atoms with Crippen LogP contribution < -0.4 is 53.2 Å². The lowest BCUT2D eigenvalue weighted by Gasteiger charge is -2.59. The van der Waals surface area contributed by atoms with Crippen molar-refractivity contribution in [2.75, 3.05) is 65.4 Å². The van der Waals surface area contributed by atoms with Gasteiger partial charge in [-0.15, -0.1) is 0 Å². The van der Waals surface area contributed by atoms with Crippen LogP contribution in [0, 0.1) is 52.3 Å². The summed E-state index contributed by atoms with van der Waals surface area (Å²) >= 11 is 0. The van der Waals surface area contributed by atoms with E-state index in [0.717, 1.165) is 25.9 Å². The third kappa shape index (κ3) is 43.4. The molecule has 0 spiro atoms. The second kappa shape index (κ2) is 52.4. The van der Waals surface area contributed by atoms with E-state index < -0.39 is 40.4 Å². The van der Waals surface area contributed by atoms with Crippen molar-refractivity contribution in [3.8, 4) is 0 Å². The zero-order chi connectivity index (χ0) is 72.0. The first-order valence-corrected chi connectivity index (χ1v) is 36.3. The molecule has 0 aromatic rings. The minimum atomic E-state index is -1.47. The molecule has 0 rings (SSSR count). The predicted octanol–water partition coefficient (Wildman–Crippen LogP) is 9.45. The molecule has 0 saturated carbocycles. The smallest absolute Gasteiger partial charge is 0.223 e. The van der Waals surface area contributed by atoms with E-state index in [2.05, 4.69) is 67.0 Å². The van der Waals surface area contributed by atoms with Gasteiger partial charge in [-0.1, -0.05) is 163 Å². The highest BCUT2D eigenvalue weighted by Crippen LogP contribution is 2.63. The summed E-state index contributed by atoms with van der Waals surface area (Å²) in [6.45, 7) is 43.7. The van der Waals surface area contributed by atoms with Crippen LogP contribution in [0.2, 0.25) is 0 Å². The third-order valence-electron chi connectivity index (χ3n) is 17.5. The summed E-state index contributed by atoms with van der Waals surface area (Å²) in [5, 5.41) is 31.9. The lowest BCUT2D eigenvalue weighted by Crippen LogP contribution is -2.57. The average molecular weight is 1330 g/mol. The molecule has 0 aliphatic carbocycles. The minimum Gasteiger partial charge on any atom is -0.356 e. The van der Waals surface area contributed by atoms with Gasteiger partial charge in [0.1, 0.15) is 28.9 Å². The molecule has 10 N–H and O–H groups in total. The largest absolute Gasteiger partial charge is 0.356 e. The number of carbonyl (C=O) groups is 10. The Morgan fingerprint density at radius 3 is 1.10 bits per heavy atom. The fraction of sp³-hybridized carbons (Fsp3) is 0.838. The molecule has 0 saturated heterocycles. The second-order valence-corrected chi connectivity index (χ2v) is 29.2. The van der Waals surface area contributed by atoms with Crippen molar-refractivity contribution in [3.05, 3.63) is 12.2 Å². The third-order valence-corrected chi connectivity index (χ3v) is 17.5. The van der Waals surface area contributed by atoms with Crippen LogP contribution in [0.5, 0.6) is 0 Å². The summed E-state index contributed by atoms with van der Waals surface area (Å²) in [7, 11) is 0. The van der Waals surface area contributed by atoms with Gasteiger partial charge in [0, 0.05) is 183 Å². The summed E-state index contributed by atoms with van der Waals surface area (Å²) in [6, 6.07) is 1.26. The minimum absolute atomic E-state index is 0.00485. The van der Waals surface area contributed by atoms with Crippen molar-refractivity contribution in [3.63, 3.8) is 0 Å². The SMILES string of the molecule is CC(C)NCCCCCCNC(=O)C/C=C/CC(=O)C(C)C.CC(C)NCCNC(=O)CCC(CC(=O)C(C)C)C(CCC(=O)C(C)C)(CC(=O)NCCNC(C)C)C(CCC(=O)NCCNC(C)C)(CC(=O)C(C)C)C(CCC(=O)C(C)C)CC(=O)NCCNC(C)C. The van der Waals surface area contributed by atoms with Crippen molar-refractivity contribution >= 4 is 58.5 Å². The molecule has 0 bridgehead atoms. The van der Waals surface area contributed by atoms with E-state index >= 15 is 9.59 Å². The van der Waals surface area contributed by atoms with Crippen molar-refractivity contribution in [1.82, 2.24) is 53.2 Å². The fourth-order valence-electron chi connectivity index (χ4n) is 11.6. The molecule has 0 heterocycles. The first-order chi connectivity index (χ1) is 44.0. The summed E-state index contributed by atoms with van der Waals surface area (Å²) in [5.74, 6) is -4.72. The normalized spacial score (nSPS) is 13.8. The van der Waals surface area contributed by atoms with Gasteiger partial charge < -0.3 is 53.2 Å². The van der Waals surface area contributed by atoms with E-state index in [-0.39, 0.29) is 178 Å². The van der Waals surface area contributed by atoms with Gasteiger partial charge >= 0.3 is 0 Å². The van der Waals surface area contributed by atoms with Crippen LogP contribution in [0.3, 0.4) is 0 Å². The van der Waals surface area contributed by atoms with Gasteiger partial charge in [0.15, 0.2) is 0 Å². The molecular formula is C74H140N10O10. The lowest BCUT2D eigenvalue weighted by atomic mass is 9.44. The molecule has 0 radical (unpaired) electrons. The van der Waals surface area contributed by atoms with Crippen LogP contribution in [0.1, 0.15) is 254 Å². The monoisotopic (exact) mass is 1330 g/mol. The van der Waals surface area contributed by atoms with E-state index in [1.165, 1.54) is 12.8 Å². The molecular weight excluding hydrogens is 1190 g/mol. The second-order valence-electron chi connectivity index (χ2n) is 29.2. The van der Waals surface area contributed by atoms with Gasteiger partial charge in [0.2, 0.25) is 29.5 Å². The Labute approximate surface area is 571 Å². The van der Waals surface area contributed by atoms with E-state index in [1.54, 1.807) is 39.8 Å². The zero-order valence-corrected chi connectivity index (χ0v) is 63.0.